The van der Waals surface area contributed by atoms with Crippen molar-refractivity contribution in [1.82, 2.24) is 0 Å². The Morgan fingerprint density at radius 2 is 1.56 bits per heavy atom. The normalized spacial score (nSPS) is 19.6. The van der Waals surface area contributed by atoms with Crippen LogP contribution in [0.1, 0.15) is 103 Å². The number of nitrogens with one attached hydrogen (secondary N) is 1. The van der Waals surface area contributed by atoms with Gasteiger partial charge in [-0.3, -0.25) is 4.79 Å². The number of quaternary nitrogens is 1. The van der Waals surface area contributed by atoms with Gasteiger partial charge in [-0.25, -0.2) is 0 Å². The van der Waals surface area contributed by atoms with E-state index in [1.165, 1.54) is 69.8 Å². The lowest BCUT2D eigenvalue weighted by Crippen LogP contribution is -3.13. The first-order valence-electron chi connectivity index (χ1n) is 19.3. The van der Waals surface area contributed by atoms with Gasteiger partial charge in [0.1, 0.15) is 0 Å². The molecular formula is C46H72ClN2O3+. The van der Waals surface area contributed by atoms with Gasteiger partial charge in [-0.15, -0.1) is 18.2 Å². The van der Waals surface area contributed by atoms with Crippen molar-refractivity contribution in [2.24, 2.45) is 11.8 Å². The van der Waals surface area contributed by atoms with Gasteiger partial charge in [-0.05, 0) is 107 Å². The van der Waals surface area contributed by atoms with Crippen molar-refractivity contribution in [2.45, 2.75) is 105 Å². The van der Waals surface area contributed by atoms with Crippen molar-refractivity contribution in [3.63, 3.8) is 0 Å². The zero-order valence-electron chi connectivity index (χ0n) is 33.4. The Morgan fingerprint density at radius 1 is 0.962 bits per heavy atom. The molecule has 0 aromatic heterocycles. The number of β-lactam (4-membered cyclic amide) rings is 1. The van der Waals surface area contributed by atoms with Gasteiger partial charge in [0.15, 0.2) is 0 Å². The minimum absolute atomic E-state index is 0.0833. The summed E-state index contributed by atoms with van der Waals surface area (Å²) in [7, 11) is 0. The molecule has 290 valence electrons. The fourth-order valence-electron chi connectivity index (χ4n) is 6.35. The summed E-state index contributed by atoms with van der Waals surface area (Å²) in [5.74, 6) is 0.893. The van der Waals surface area contributed by atoms with Crippen molar-refractivity contribution in [2.75, 3.05) is 37.5 Å². The molecule has 2 aromatic rings. The van der Waals surface area contributed by atoms with Gasteiger partial charge in [0.05, 0.1) is 44.3 Å². The molecule has 0 spiro atoms. The highest BCUT2D eigenvalue weighted by Crippen LogP contribution is 2.40. The molecule has 0 aliphatic carbocycles. The smallest absolute Gasteiger partial charge is 0.233 e. The maximum absolute atomic E-state index is 13.2. The zero-order chi connectivity index (χ0) is 39.1. The minimum atomic E-state index is -0.565. The van der Waals surface area contributed by atoms with Gasteiger partial charge in [0.2, 0.25) is 5.91 Å². The molecule has 6 heteroatoms. The number of amides is 1. The van der Waals surface area contributed by atoms with Gasteiger partial charge in [-0.1, -0.05) is 112 Å². The minimum Gasteiger partial charge on any atom is -0.392 e. The van der Waals surface area contributed by atoms with E-state index in [0.717, 1.165) is 35.6 Å². The van der Waals surface area contributed by atoms with Crippen LogP contribution in [0.25, 0.3) is 0 Å². The number of unbranched alkanes of at least 4 members (excludes halogenated alkanes) is 1. The second-order valence-corrected chi connectivity index (χ2v) is 13.1. The molecule has 3 atom stereocenters. The molecule has 2 saturated heterocycles. The molecule has 1 amide bonds. The number of benzene rings is 2. The lowest BCUT2D eigenvalue weighted by molar-refractivity contribution is -0.906. The number of allylic oxidation sites excluding steroid dienone is 4. The second-order valence-electron chi connectivity index (χ2n) is 13.1. The number of anilines is 1. The number of piperidine rings is 1. The largest absolute Gasteiger partial charge is 0.392 e. The molecule has 2 aromatic carbocycles. The molecule has 4 rings (SSSR count). The van der Waals surface area contributed by atoms with Crippen LogP contribution in [0.3, 0.4) is 0 Å². The average molecular weight is 737 g/mol. The van der Waals surface area contributed by atoms with Gasteiger partial charge in [-0.2, -0.15) is 0 Å². The number of hydrogen-bond donors (Lipinski definition) is 3. The summed E-state index contributed by atoms with van der Waals surface area (Å²) < 4.78 is 0. The molecular weight excluding hydrogens is 664 g/mol. The summed E-state index contributed by atoms with van der Waals surface area (Å²) in [5.41, 5.74) is 4.00. The Hall–Kier alpha value is -3.22. The molecule has 0 bridgehead atoms. The number of rotatable bonds is 15. The van der Waals surface area contributed by atoms with Crippen LogP contribution >= 0.6 is 11.6 Å². The van der Waals surface area contributed by atoms with Crippen molar-refractivity contribution < 1.29 is 19.9 Å². The quantitative estimate of drug-likeness (QED) is 0.0561. The Morgan fingerprint density at radius 3 is 2.02 bits per heavy atom. The number of aliphatic hydroxyl groups excluding tert-OH is 2. The van der Waals surface area contributed by atoms with Crippen molar-refractivity contribution in [3.05, 3.63) is 127 Å². The zero-order valence-corrected chi connectivity index (χ0v) is 34.2. The summed E-state index contributed by atoms with van der Waals surface area (Å²) in [4.78, 5) is 16.8. The van der Waals surface area contributed by atoms with Crippen LogP contribution in [0.15, 0.2) is 116 Å². The monoisotopic (exact) mass is 736 g/mol. The first kappa shape index (κ1) is 48.8. The third kappa shape index (κ3) is 18.5. The number of alkyl halides is 1. The van der Waals surface area contributed by atoms with Crippen molar-refractivity contribution in [1.29, 1.82) is 0 Å². The van der Waals surface area contributed by atoms with Crippen LogP contribution in [-0.4, -0.2) is 54.8 Å². The van der Waals surface area contributed by atoms with Crippen LogP contribution in [0.2, 0.25) is 0 Å². The van der Waals surface area contributed by atoms with Crippen LogP contribution in [0.5, 0.6) is 0 Å². The van der Waals surface area contributed by atoms with E-state index in [-0.39, 0.29) is 24.5 Å². The van der Waals surface area contributed by atoms with E-state index in [9.17, 15) is 9.90 Å². The highest BCUT2D eigenvalue weighted by atomic mass is 35.5. The summed E-state index contributed by atoms with van der Waals surface area (Å²) in [6.07, 6.45) is 22.3. The number of hydrogen-bond acceptors (Lipinski definition) is 3. The van der Waals surface area contributed by atoms with Crippen molar-refractivity contribution >= 4 is 23.2 Å². The van der Waals surface area contributed by atoms with E-state index in [0.29, 0.717) is 12.8 Å². The predicted octanol–water partition coefficient (Wildman–Crippen LogP) is 9.88. The van der Waals surface area contributed by atoms with Crippen LogP contribution in [-0.2, 0) is 11.2 Å². The summed E-state index contributed by atoms with van der Waals surface area (Å²) >= 11 is 4.64. The average Bonchev–Trinajstić information content (AvgIpc) is 3.20. The number of carbonyl (C=O) groups is 1. The number of carbonyl (C=O) groups excluding carboxylic acids is 1. The van der Waals surface area contributed by atoms with E-state index in [1.807, 2.05) is 68.2 Å². The Balaban J connectivity index is 0.00000148. The first-order valence-corrected chi connectivity index (χ1v) is 20.1. The van der Waals surface area contributed by atoms with E-state index < -0.39 is 6.10 Å². The molecule has 2 aliphatic rings. The SMILES string of the molecule is C/C=C\C.C/C=C\CC.C=CC(=C)C1C(CCC(O)c2ccccc2)C(=O)N1c1ccc(CCCC[NH+]2CCC(CC)CC2)cc1.C=CCO.CCl. The Bertz CT molecular complexity index is 1260. The Kier molecular flexibility index (Phi) is 29.4. The highest BCUT2D eigenvalue weighted by Gasteiger charge is 2.48. The number of nitrogens with zero attached hydrogens (tertiary/aromatic N) is 1. The topological polar surface area (TPSA) is 65.2 Å². The maximum Gasteiger partial charge on any atom is 0.233 e. The second kappa shape index (κ2) is 31.3. The predicted molar refractivity (Wildman–Crippen MR) is 227 cm³/mol. The standard InChI is InChI=1S/C33H44N2O2.C5H10.C4H8.C3H6O.CH3Cl/c1-4-25(3)32-30(18-19-31(36)28-12-7-6-8-13-28)33(37)35(32)29-16-14-27(15-17-29)11-9-10-22-34-23-20-26(5-2)21-24-34;1-3-5-4-2;1-3-4-2;1-2-3-4;1-2/h4,6-8,12-17,26,30-32,36H,1,3,5,9-11,18-24H2,2H3;3,5H,4H2,1-2H3;3-4H,1-2H3;2,4H,1,3H2;1H3/p+1/b;5-3-;4-3-;;. The molecule has 5 nitrogen and oxygen atoms in total. The van der Waals surface area contributed by atoms with E-state index in [4.69, 9.17) is 5.11 Å². The molecule has 2 aliphatic heterocycles. The summed E-state index contributed by atoms with van der Waals surface area (Å²) in [6, 6.07) is 18.0. The Labute approximate surface area is 323 Å². The maximum atomic E-state index is 13.2. The lowest BCUT2D eigenvalue weighted by atomic mass is 9.78. The summed E-state index contributed by atoms with van der Waals surface area (Å²) in [6.45, 7) is 25.9. The van der Waals surface area contributed by atoms with Gasteiger partial charge < -0.3 is 20.0 Å². The fraction of sp³-hybridized carbons (Fsp3) is 0.500. The number of aliphatic hydroxyl groups is 2. The molecule has 52 heavy (non-hydrogen) atoms. The summed E-state index contributed by atoms with van der Waals surface area (Å²) in [5, 5.41) is 18.3. The van der Waals surface area contributed by atoms with Crippen LogP contribution in [0, 0.1) is 11.8 Å². The number of aryl methyl sites for hydroxylation is 1. The van der Waals surface area contributed by atoms with Crippen LogP contribution < -0.4 is 9.80 Å². The highest BCUT2D eigenvalue weighted by molar-refractivity contribution is 6.15. The fourth-order valence-corrected chi connectivity index (χ4v) is 6.35. The lowest BCUT2D eigenvalue weighted by Gasteiger charge is -2.48. The molecule has 0 saturated carbocycles. The van der Waals surface area contributed by atoms with Crippen LogP contribution in [0.4, 0.5) is 5.69 Å². The number of likely N-dealkylation sites (tertiary alicyclic amines) is 1. The van der Waals surface area contributed by atoms with E-state index in [1.54, 1.807) is 11.0 Å². The third-order valence-electron chi connectivity index (χ3n) is 9.58. The molecule has 3 N–H and O–H groups in total. The molecule has 2 heterocycles. The molecule has 2 fully saturated rings. The van der Waals surface area contributed by atoms with Crippen molar-refractivity contribution in [3.8, 4) is 0 Å². The van der Waals surface area contributed by atoms with E-state index in [2.05, 4.69) is 81.6 Å². The van der Waals surface area contributed by atoms with Gasteiger partial charge >= 0.3 is 0 Å². The van der Waals surface area contributed by atoms with Gasteiger partial charge in [0.25, 0.3) is 0 Å². The van der Waals surface area contributed by atoms with Gasteiger partial charge in [0, 0.05) is 12.1 Å². The molecule has 0 radical (unpaired) electrons. The van der Waals surface area contributed by atoms with E-state index >= 15 is 0 Å². The third-order valence-corrected chi connectivity index (χ3v) is 9.58. The number of halogens is 1. The first-order chi connectivity index (χ1) is 25.3. The molecule has 3 unspecified atom stereocenters.